The maximum atomic E-state index is 4.37. The highest BCUT2D eigenvalue weighted by molar-refractivity contribution is 9.10. The fraction of sp³-hybridized carbons (Fsp3) is 0.222. The summed E-state index contributed by atoms with van der Waals surface area (Å²) in [5, 5.41) is 0. The van der Waals surface area contributed by atoms with Gasteiger partial charge >= 0.3 is 0 Å². The van der Waals surface area contributed by atoms with Gasteiger partial charge in [0.1, 0.15) is 0 Å². The van der Waals surface area contributed by atoms with Gasteiger partial charge in [0.25, 0.3) is 0 Å². The summed E-state index contributed by atoms with van der Waals surface area (Å²) < 4.78 is 3.09. The zero-order valence-corrected chi connectivity index (χ0v) is 8.59. The Hall–Kier alpha value is -0.830. The second-order valence-electron chi connectivity index (χ2n) is 2.98. The van der Waals surface area contributed by atoms with Crippen molar-refractivity contribution in [2.24, 2.45) is 0 Å². The van der Waals surface area contributed by atoms with Gasteiger partial charge in [-0.2, -0.15) is 0 Å². The number of pyridine rings is 1. The molecule has 0 unspecified atom stereocenters. The number of aryl methyl sites for hydroxylation is 2. The molecular weight excluding hydrogens is 216 g/mol. The van der Waals surface area contributed by atoms with E-state index in [1.54, 1.807) is 0 Å². The van der Waals surface area contributed by atoms with Crippen LogP contribution in [-0.2, 0) is 0 Å². The van der Waals surface area contributed by atoms with Gasteiger partial charge in [-0.15, -0.1) is 0 Å². The lowest BCUT2D eigenvalue weighted by Crippen LogP contribution is -1.85. The van der Waals surface area contributed by atoms with Crippen molar-refractivity contribution in [2.45, 2.75) is 13.8 Å². The molecule has 0 atom stereocenters. The number of hydrogen-bond acceptors (Lipinski definition) is 1. The van der Waals surface area contributed by atoms with Gasteiger partial charge < -0.3 is 4.40 Å². The van der Waals surface area contributed by atoms with Crippen LogP contribution in [-0.4, -0.2) is 9.38 Å². The number of aromatic nitrogens is 2. The molecule has 0 saturated carbocycles. The maximum absolute atomic E-state index is 4.37. The SMILES string of the molecule is Cc1cc(Br)c2nc(C)cn2c1. The monoisotopic (exact) mass is 224 g/mol. The molecule has 0 N–H and O–H groups in total. The van der Waals surface area contributed by atoms with Crippen molar-refractivity contribution in [1.82, 2.24) is 9.38 Å². The summed E-state index contributed by atoms with van der Waals surface area (Å²) >= 11 is 3.48. The second-order valence-corrected chi connectivity index (χ2v) is 3.83. The van der Waals surface area contributed by atoms with Gasteiger partial charge in [0.2, 0.25) is 0 Å². The van der Waals surface area contributed by atoms with Gasteiger partial charge in [-0.3, -0.25) is 0 Å². The molecule has 2 aromatic rings. The topological polar surface area (TPSA) is 17.3 Å². The second kappa shape index (κ2) is 2.59. The van der Waals surface area contributed by atoms with Crippen molar-refractivity contribution in [1.29, 1.82) is 0 Å². The largest absolute Gasteiger partial charge is 0.306 e. The first-order chi connectivity index (χ1) is 5.66. The maximum Gasteiger partial charge on any atom is 0.151 e. The van der Waals surface area contributed by atoms with Crippen molar-refractivity contribution in [3.05, 3.63) is 34.2 Å². The standard InChI is InChI=1S/C9H9BrN2/c1-6-3-8(10)9-11-7(2)5-12(9)4-6/h3-5H,1-2H3. The molecule has 2 nitrogen and oxygen atoms in total. The molecule has 62 valence electrons. The van der Waals surface area contributed by atoms with Crippen LogP contribution in [0.25, 0.3) is 5.65 Å². The van der Waals surface area contributed by atoms with Crippen molar-refractivity contribution in [3.8, 4) is 0 Å². The van der Waals surface area contributed by atoms with E-state index in [0.717, 1.165) is 15.8 Å². The van der Waals surface area contributed by atoms with Gasteiger partial charge in [-0.05, 0) is 41.4 Å². The highest BCUT2D eigenvalue weighted by Crippen LogP contribution is 2.18. The van der Waals surface area contributed by atoms with Crippen LogP contribution < -0.4 is 0 Å². The van der Waals surface area contributed by atoms with E-state index in [4.69, 9.17) is 0 Å². The number of halogens is 1. The minimum absolute atomic E-state index is 0.984. The smallest absolute Gasteiger partial charge is 0.151 e. The first-order valence-electron chi connectivity index (χ1n) is 3.78. The average molecular weight is 225 g/mol. The van der Waals surface area contributed by atoms with Gasteiger partial charge in [0.05, 0.1) is 10.2 Å². The minimum Gasteiger partial charge on any atom is -0.306 e. The number of hydrogen-bond donors (Lipinski definition) is 0. The molecule has 0 amide bonds. The van der Waals surface area contributed by atoms with Gasteiger partial charge in [0.15, 0.2) is 5.65 Å². The molecule has 0 radical (unpaired) electrons. The predicted molar refractivity (Wildman–Crippen MR) is 52.4 cm³/mol. The Morgan fingerprint density at radius 2 is 2.08 bits per heavy atom. The predicted octanol–water partition coefficient (Wildman–Crippen LogP) is 2.71. The third-order valence-corrected chi connectivity index (χ3v) is 2.35. The normalized spacial score (nSPS) is 10.9. The van der Waals surface area contributed by atoms with Crippen LogP contribution in [0.3, 0.4) is 0 Å². The molecule has 0 aliphatic carbocycles. The van der Waals surface area contributed by atoms with Gasteiger partial charge in [-0.1, -0.05) is 0 Å². The van der Waals surface area contributed by atoms with Crippen molar-refractivity contribution in [3.63, 3.8) is 0 Å². The number of rotatable bonds is 0. The van der Waals surface area contributed by atoms with Crippen molar-refractivity contribution >= 4 is 21.6 Å². The first kappa shape index (κ1) is 7.80. The van der Waals surface area contributed by atoms with Crippen LogP contribution in [0.4, 0.5) is 0 Å². The van der Waals surface area contributed by atoms with Crippen LogP contribution in [0, 0.1) is 13.8 Å². The summed E-state index contributed by atoms with van der Waals surface area (Å²) in [6.07, 6.45) is 4.09. The quantitative estimate of drug-likeness (QED) is 0.673. The van der Waals surface area contributed by atoms with E-state index < -0.39 is 0 Å². The summed E-state index contributed by atoms with van der Waals surface area (Å²) in [5.41, 5.74) is 3.26. The molecule has 0 aromatic carbocycles. The third-order valence-electron chi connectivity index (χ3n) is 1.76. The first-order valence-corrected chi connectivity index (χ1v) is 4.57. The Morgan fingerprint density at radius 3 is 2.83 bits per heavy atom. The Labute approximate surface area is 79.4 Å². The molecule has 2 rings (SSSR count). The Morgan fingerprint density at radius 1 is 1.33 bits per heavy atom. The van der Waals surface area contributed by atoms with E-state index in [-0.39, 0.29) is 0 Å². The molecule has 2 heterocycles. The lowest BCUT2D eigenvalue weighted by molar-refractivity contribution is 1.15. The lowest BCUT2D eigenvalue weighted by atomic mass is 10.3. The molecule has 0 spiro atoms. The molecule has 12 heavy (non-hydrogen) atoms. The van der Waals surface area contributed by atoms with Crippen molar-refractivity contribution < 1.29 is 0 Å². The molecule has 0 aliphatic heterocycles. The van der Waals surface area contributed by atoms with E-state index >= 15 is 0 Å². The van der Waals surface area contributed by atoms with E-state index in [2.05, 4.69) is 40.1 Å². The number of fused-ring (bicyclic) bond motifs is 1. The van der Waals surface area contributed by atoms with E-state index in [0.29, 0.717) is 0 Å². The molecule has 0 fully saturated rings. The molecule has 2 aromatic heterocycles. The van der Waals surface area contributed by atoms with E-state index in [1.165, 1.54) is 5.56 Å². The zero-order valence-electron chi connectivity index (χ0n) is 7.00. The molecule has 0 aliphatic rings. The Kier molecular flexibility index (Phi) is 1.68. The average Bonchev–Trinajstić information content (AvgIpc) is 2.29. The zero-order chi connectivity index (χ0) is 8.72. The van der Waals surface area contributed by atoms with Gasteiger partial charge in [0, 0.05) is 12.4 Å². The summed E-state index contributed by atoms with van der Waals surface area (Å²) in [7, 11) is 0. The van der Waals surface area contributed by atoms with Crippen LogP contribution in [0.2, 0.25) is 0 Å². The summed E-state index contributed by atoms with van der Waals surface area (Å²) in [6.45, 7) is 4.06. The van der Waals surface area contributed by atoms with Crippen LogP contribution in [0.5, 0.6) is 0 Å². The number of imidazole rings is 1. The number of nitrogens with zero attached hydrogens (tertiary/aromatic N) is 2. The van der Waals surface area contributed by atoms with Crippen LogP contribution in [0.1, 0.15) is 11.3 Å². The molecule has 3 heteroatoms. The van der Waals surface area contributed by atoms with Gasteiger partial charge in [-0.25, -0.2) is 4.98 Å². The fourth-order valence-electron chi connectivity index (χ4n) is 1.31. The Balaban J connectivity index is 2.88. The van der Waals surface area contributed by atoms with Crippen LogP contribution in [0.15, 0.2) is 22.9 Å². The van der Waals surface area contributed by atoms with E-state index in [1.807, 2.05) is 17.5 Å². The summed E-state index contributed by atoms with van der Waals surface area (Å²) in [6, 6.07) is 2.07. The molecular formula is C9H9BrN2. The minimum atomic E-state index is 0.984. The van der Waals surface area contributed by atoms with Crippen molar-refractivity contribution in [2.75, 3.05) is 0 Å². The van der Waals surface area contributed by atoms with Crippen LogP contribution >= 0.6 is 15.9 Å². The highest BCUT2D eigenvalue weighted by atomic mass is 79.9. The third kappa shape index (κ3) is 1.14. The molecule has 0 bridgehead atoms. The highest BCUT2D eigenvalue weighted by Gasteiger charge is 2.01. The Bertz CT molecular complexity index is 431. The summed E-state index contributed by atoms with van der Waals surface area (Å²) in [5.74, 6) is 0. The van der Waals surface area contributed by atoms with E-state index in [9.17, 15) is 0 Å². The lowest BCUT2D eigenvalue weighted by Gasteiger charge is -1.97. The molecule has 0 saturated heterocycles. The summed E-state index contributed by atoms with van der Waals surface area (Å²) in [4.78, 5) is 4.37. The fourth-order valence-corrected chi connectivity index (χ4v) is 1.97.